The van der Waals surface area contributed by atoms with Crippen molar-refractivity contribution in [2.24, 2.45) is 0 Å². The molecule has 1 aromatic rings. The Kier molecular flexibility index (Phi) is 2.53. The van der Waals surface area contributed by atoms with Gasteiger partial charge in [0.2, 0.25) is 5.91 Å². The van der Waals surface area contributed by atoms with Gasteiger partial charge in [0.15, 0.2) is 5.60 Å². The van der Waals surface area contributed by atoms with Crippen LogP contribution in [0.3, 0.4) is 0 Å². The minimum Gasteiger partial charge on any atom is -0.478 e. The van der Waals surface area contributed by atoms with Gasteiger partial charge in [0.25, 0.3) is 0 Å². The van der Waals surface area contributed by atoms with Gasteiger partial charge in [-0.15, -0.1) is 0 Å². The quantitative estimate of drug-likeness (QED) is 0.830. The fraction of sp³-hybridized carbons (Fsp3) is 0.333. The van der Waals surface area contributed by atoms with Crippen molar-refractivity contribution in [1.82, 2.24) is 0 Å². The number of ether oxygens (including phenoxy) is 1. The molecule has 0 aromatic heterocycles. The molecule has 1 aromatic carbocycles. The first-order valence-corrected chi connectivity index (χ1v) is 5.24. The Morgan fingerprint density at radius 2 is 2.18 bits per heavy atom. The normalized spacial score (nSPS) is 14.1. The van der Waals surface area contributed by atoms with Crippen molar-refractivity contribution in [3.8, 4) is 5.75 Å². The average molecular weight is 235 g/mol. The van der Waals surface area contributed by atoms with Gasteiger partial charge in [0.05, 0.1) is 6.42 Å². The number of anilines is 1. The lowest BCUT2D eigenvalue weighted by atomic mass is 10.1. The number of amides is 1. The molecule has 5 heteroatoms. The van der Waals surface area contributed by atoms with Gasteiger partial charge in [-0.1, -0.05) is 0 Å². The molecule has 0 atom stereocenters. The molecule has 1 aliphatic rings. The predicted octanol–water partition coefficient (Wildman–Crippen LogP) is 1.42. The van der Waals surface area contributed by atoms with E-state index in [4.69, 9.17) is 9.84 Å². The van der Waals surface area contributed by atoms with Crippen LogP contribution in [0.25, 0.3) is 0 Å². The molecule has 90 valence electrons. The van der Waals surface area contributed by atoms with Crippen LogP contribution in [0.4, 0.5) is 5.69 Å². The zero-order valence-electron chi connectivity index (χ0n) is 9.61. The number of rotatable bonds is 3. The third kappa shape index (κ3) is 2.22. The van der Waals surface area contributed by atoms with Crippen LogP contribution in [0, 0.1) is 0 Å². The summed E-state index contributed by atoms with van der Waals surface area (Å²) in [6.45, 7) is 2.96. The van der Waals surface area contributed by atoms with E-state index in [0.717, 1.165) is 11.3 Å². The Morgan fingerprint density at radius 3 is 2.82 bits per heavy atom. The van der Waals surface area contributed by atoms with Gasteiger partial charge in [-0.2, -0.15) is 0 Å². The summed E-state index contributed by atoms with van der Waals surface area (Å²) in [7, 11) is 0. The molecule has 17 heavy (non-hydrogen) atoms. The van der Waals surface area contributed by atoms with Crippen LogP contribution in [0.1, 0.15) is 19.4 Å². The lowest BCUT2D eigenvalue weighted by molar-refractivity contribution is -0.152. The Hall–Kier alpha value is -2.04. The van der Waals surface area contributed by atoms with Gasteiger partial charge in [0, 0.05) is 5.69 Å². The molecular weight excluding hydrogens is 222 g/mol. The molecule has 0 saturated heterocycles. The molecule has 1 aliphatic heterocycles. The summed E-state index contributed by atoms with van der Waals surface area (Å²) in [5.74, 6) is -0.644. The third-order valence-electron chi connectivity index (χ3n) is 2.59. The largest absolute Gasteiger partial charge is 0.478 e. The van der Waals surface area contributed by atoms with Crippen LogP contribution in [0.2, 0.25) is 0 Å². The number of carboxylic acids is 1. The summed E-state index contributed by atoms with van der Waals surface area (Å²) < 4.78 is 5.39. The monoisotopic (exact) mass is 235 g/mol. The van der Waals surface area contributed by atoms with Crippen molar-refractivity contribution < 1.29 is 19.4 Å². The number of benzene rings is 1. The van der Waals surface area contributed by atoms with E-state index in [-0.39, 0.29) is 5.91 Å². The van der Waals surface area contributed by atoms with E-state index in [2.05, 4.69) is 5.32 Å². The Morgan fingerprint density at radius 1 is 1.47 bits per heavy atom. The van der Waals surface area contributed by atoms with Gasteiger partial charge in [-0.25, -0.2) is 4.79 Å². The molecule has 1 heterocycles. The summed E-state index contributed by atoms with van der Waals surface area (Å²) >= 11 is 0. The van der Waals surface area contributed by atoms with Gasteiger partial charge < -0.3 is 15.2 Å². The maximum atomic E-state index is 11.2. The van der Waals surface area contributed by atoms with E-state index in [9.17, 15) is 9.59 Å². The number of carbonyl (C=O) groups excluding carboxylic acids is 1. The minimum absolute atomic E-state index is 0.0605. The van der Waals surface area contributed by atoms with Crippen LogP contribution < -0.4 is 10.1 Å². The van der Waals surface area contributed by atoms with Gasteiger partial charge >= 0.3 is 5.97 Å². The highest BCUT2D eigenvalue weighted by atomic mass is 16.5. The second-order valence-electron chi connectivity index (χ2n) is 4.46. The number of hydrogen-bond donors (Lipinski definition) is 2. The fourth-order valence-corrected chi connectivity index (χ4v) is 1.61. The Bertz CT molecular complexity index is 493. The highest BCUT2D eigenvalue weighted by Gasteiger charge is 2.30. The summed E-state index contributed by atoms with van der Waals surface area (Å²) in [4.78, 5) is 22.1. The highest BCUT2D eigenvalue weighted by molar-refractivity contribution is 5.99. The van der Waals surface area contributed by atoms with Crippen molar-refractivity contribution in [3.05, 3.63) is 23.8 Å². The molecule has 0 bridgehead atoms. The fourth-order valence-electron chi connectivity index (χ4n) is 1.61. The lowest BCUT2D eigenvalue weighted by Gasteiger charge is -2.21. The molecule has 0 unspecified atom stereocenters. The number of aliphatic carboxylic acids is 1. The minimum atomic E-state index is -1.29. The SMILES string of the molecule is CC(C)(Oc1ccc2c(c1)CC(=O)N2)C(=O)O. The van der Waals surface area contributed by atoms with Crippen molar-refractivity contribution in [1.29, 1.82) is 0 Å². The molecule has 0 spiro atoms. The molecular formula is C12H13NO4. The molecule has 0 fully saturated rings. The van der Waals surface area contributed by atoms with E-state index in [0.29, 0.717) is 12.2 Å². The molecule has 0 aliphatic carbocycles. The van der Waals surface area contributed by atoms with Crippen LogP contribution >= 0.6 is 0 Å². The van der Waals surface area contributed by atoms with E-state index >= 15 is 0 Å². The van der Waals surface area contributed by atoms with Crippen molar-refractivity contribution in [2.75, 3.05) is 5.32 Å². The van der Waals surface area contributed by atoms with Crippen LogP contribution in [-0.2, 0) is 16.0 Å². The average Bonchev–Trinajstić information content (AvgIpc) is 2.56. The number of carboxylic acid groups (broad SMARTS) is 1. The first-order chi connectivity index (χ1) is 7.88. The number of carbonyl (C=O) groups is 2. The number of hydrogen-bond acceptors (Lipinski definition) is 3. The van der Waals surface area contributed by atoms with Gasteiger partial charge in [-0.3, -0.25) is 4.79 Å². The zero-order valence-corrected chi connectivity index (χ0v) is 9.61. The summed E-state index contributed by atoms with van der Waals surface area (Å²) in [6, 6.07) is 5.06. The first-order valence-electron chi connectivity index (χ1n) is 5.24. The Balaban J connectivity index is 2.22. The molecule has 0 radical (unpaired) electrons. The van der Waals surface area contributed by atoms with Crippen LogP contribution in [0.15, 0.2) is 18.2 Å². The highest BCUT2D eigenvalue weighted by Crippen LogP contribution is 2.29. The molecule has 5 nitrogen and oxygen atoms in total. The van der Waals surface area contributed by atoms with E-state index in [1.54, 1.807) is 18.2 Å². The molecule has 2 N–H and O–H groups in total. The maximum Gasteiger partial charge on any atom is 0.347 e. The van der Waals surface area contributed by atoms with E-state index < -0.39 is 11.6 Å². The maximum absolute atomic E-state index is 11.2. The van der Waals surface area contributed by atoms with Crippen molar-refractivity contribution in [2.45, 2.75) is 25.9 Å². The topological polar surface area (TPSA) is 75.6 Å². The van der Waals surface area contributed by atoms with Crippen LogP contribution in [0.5, 0.6) is 5.75 Å². The number of fused-ring (bicyclic) bond motifs is 1. The predicted molar refractivity (Wildman–Crippen MR) is 61.1 cm³/mol. The van der Waals surface area contributed by atoms with Gasteiger partial charge in [-0.05, 0) is 37.6 Å². The third-order valence-corrected chi connectivity index (χ3v) is 2.59. The second kappa shape index (κ2) is 3.76. The van der Waals surface area contributed by atoms with Gasteiger partial charge in [0.1, 0.15) is 5.75 Å². The summed E-state index contributed by atoms with van der Waals surface area (Å²) in [5.41, 5.74) is 0.300. The van der Waals surface area contributed by atoms with E-state index in [1.165, 1.54) is 13.8 Å². The molecule has 1 amide bonds. The van der Waals surface area contributed by atoms with Crippen LogP contribution in [-0.4, -0.2) is 22.6 Å². The number of nitrogens with one attached hydrogen (secondary N) is 1. The standard InChI is InChI=1S/C12H13NO4/c1-12(2,11(15)16)17-8-3-4-9-7(5-8)6-10(14)13-9/h3-5H,6H2,1-2H3,(H,13,14)(H,15,16). The zero-order chi connectivity index (χ0) is 12.6. The lowest BCUT2D eigenvalue weighted by Crippen LogP contribution is -2.37. The van der Waals surface area contributed by atoms with E-state index in [1.807, 2.05) is 0 Å². The summed E-state index contributed by atoms with van der Waals surface area (Å²) in [5, 5.41) is 11.6. The van der Waals surface area contributed by atoms with Crippen molar-refractivity contribution >= 4 is 17.6 Å². The molecule has 0 saturated carbocycles. The second-order valence-corrected chi connectivity index (χ2v) is 4.46. The van der Waals surface area contributed by atoms with Crippen molar-refractivity contribution in [3.63, 3.8) is 0 Å². The smallest absolute Gasteiger partial charge is 0.347 e. The first kappa shape index (κ1) is 11.4. The Labute approximate surface area is 98.4 Å². The summed E-state index contributed by atoms with van der Waals surface area (Å²) in [6.07, 6.45) is 0.306. The molecule has 2 rings (SSSR count).